The summed E-state index contributed by atoms with van der Waals surface area (Å²) in [6.07, 6.45) is 5.43. The van der Waals surface area contributed by atoms with E-state index < -0.39 is 10.0 Å². The Hall–Kier alpha value is -0.100. The zero-order valence-electron chi connectivity index (χ0n) is 10.4. The zero-order chi connectivity index (χ0) is 13.2. The maximum Gasteiger partial charge on any atom is 0.252 e. The Morgan fingerprint density at radius 2 is 2.00 bits per heavy atom. The normalized spacial score (nSPS) is 18.4. The zero-order valence-corrected chi connectivity index (χ0v) is 12.8. The molecule has 0 spiro atoms. The number of thiophene rings is 1. The minimum Gasteiger partial charge on any atom is -0.206 e. The lowest BCUT2D eigenvalue weighted by Crippen LogP contribution is -2.37. The van der Waals surface area contributed by atoms with Crippen LogP contribution in [0.5, 0.6) is 0 Å². The largest absolute Gasteiger partial charge is 0.252 e. The number of hydrogen-bond acceptors (Lipinski definition) is 3. The van der Waals surface area contributed by atoms with Gasteiger partial charge in [0.25, 0.3) is 10.0 Å². The molecule has 1 aromatic rings. The van der Waals surface area contributed by atoms with Crippen LogP contribution in [-0.4, -0.2) is 25.8 Å². The van der Waals surface area contributed by atoms with Gasteiger partial charge in [-0.05, 0) is 25.0 Å². The van der Waals surface area contributed by atoms with E-state index in [2.05, 4.69) is 0 Å². The monoisotopic (exact) mass is 307 g/mol. The predicted molar refractivity (Wildman–Crippen MR) is 75.7 cm³/mol. The van der Waals surface area contributed by atoms with Crippen molar-refractivity contribution in [3.8, 4) is 0 Å². The minimum atomic E-state index is -3.33. The van der Waals surface area contributed by atoms with E-state index in [9.17, 15) is 8.42 Å². The maximum atomic E-state index is 12.5. The highest BCUT2D eigenvalue weighted by Crippen LogP contribution is 2.30. The molecule has 0 unspecified atom stereocenters. The van der Waals surface area contributed by atoms with Crippen molar-refractivity contribution in [2.45, 2.75) is 48.2 Å². The molecule has 1 aromatic heterocycles. The van der Waals surface area contributed by atoms with Gasteiger partial charge in [0.1, 0.15) is 4.21 Å². The van der Waals surface area contributed by atoms with Gasteiger partial charge in [0, 0.05) is 18.0 Å². The van der Waals surface area contributed by atoms with Crippen LogP contribution in [0.2, 0.25) is 0 Å². The Morgan fingerprint density at radius 1 is 1.33 bits per heavy atom. The Kier molecular flexibility index (Phi) is 4.69. The van der Waals surface area contributed by atoms with E-state index >= 15 is 0 Å². The third-order valence-electron chi connectivity index (χ3n) is 3.49. The smallest absolute Gasteiger partial charge is 0.206 e. The maximum absolute atomic E-state index is 12.5. The first-order valence-electron chi connectivity index (χ1n) is 6.18. The summed E-state index contributed by atoms with van der Waals surface area (Å²) >= 11 is 6.99. The average molecular weight is 308 g/mol. The fraction of sp³-hybridized carbons (Fsp3) is 0.667. The molecule has 0 aliphatic heterocycles. The SMILES string of the molecule is CN(C1CCCCC1)S(=O)(=O)c1ccc(CCl)s1. The van der Waals surface area contributed by atoms with Gasteiger partial charge in [-0.3, -0.25) is 0 Å². The summed E-state index contributed by atoms with van der Waals surface area (Å²) in [6.45, 7) is 0. The van der Waals surface area contributed by atoms with E-state index in [0.717, 1.165) is 30.6 Å². The van der Waals surface area contributed by atoms with Crippen LogP contribution in [0.4, 0.5) is 0 Å². The van der Waals surface area contributed by atoms with Gasteiger partial charge < -0.3 is 0 Å². The van der Waals surface area contributed by atoms with Crippen LogP contribution < -0.4 is 0 Å². The van der Waals surface area contributed by atoms with Gasteiger partial charge in [-0.25, -0.2) is 8.42 Å². The summed E-state index contributed by atoms with van der Waals surface area (Å²) in [5.41, 5.74) is 0. The highest BCUT2D eigenvalue weighted by molar-refractivity contribution is 7.91. The Morgan fingerprint density at radius 3 is 2.56 bits per heavy atom. The van der Waals surface area contributed by atoms with Gasteiger partial charge in [-0.1, -0.05) is 19.3 Å². The summed E-state index contributed by atoms with van der Waals surface area (Å²) in [6, 6.07) is 3.61. The number of hydrogen-bond donors (Lipinski definition) is 0. The third-order valence-corrected chi connectivity index (χ3v) is 7.40. The summed E-state index contributed by atoms with van der Waals surface area (Å²) in [7, 11) is -1.63. The molecule has 1 heterocycles. The second-order valence-corrected chi connectivity index (χ2v) is 8.33. The van der Waals surface area contributed by atoms with E-state index in [4.69, 9.17) is 11.6 Å². The fourth-order valence-electron chi connectivity index (χ4n) is 2.35. The van der Waals surface area contributed by atoms with Crippen LogP contribution in [0.15, 0.2) is 16.3 Å². The summed E-state index contributed by atoms with van der Waals surface area (Å²) in [5.74, 6) is 0.368. The highest BCUT2D eigenvalue weighted by Gasteiger charge is 2.29. The standard InChI is InChI=1S/C12H18ClNO2S2/c1-14(10-5-3-2-4-6-10)18(15,16)12-8-7-11(9-13)17-12/h7-8,10H,2-6,9H2,1H3. The summed E-state index contributed by atoms with van der Waals surface area (Å²) < 4.78 is 26.9. The second-order valence-electron chi connectivity index (χ2n) is 4.67. The van der Waals surface area contributed by atoms with Crippen LogP contribution in [0.1, 0.15) is 37.0 Å². The molecule has 0 aromatic carbocycles. The molecule has 3 nitrogen and oxygen atoms in total. The molecular weight excluding hydrogens is 290 g/mol. The quantitative estimate of drug-likeness (QED) is 0.799. The Balaban J connectivity index is 2.18. The van der Waals surface area contributed by atoms with Crippen LogP contribution in [-0.2, 0) is 15.9 Å². The predicted octanol–water partition coefficient (Wildman–Crippen LogP) is 3.44. The number of halogens is 1. The van der Waals surface area contributed by atoms with Crippen molar-refractivity contribution >= 4 is 33.0 Å². The molecule has 1 aliphatic carbocycles. The lowest BCUT2D eigenvalue weighted by atomic mass is 9.96. The van der Waals surface area contributed by atoms with E-state index in [1.54, 1.807) is 23.5 Å². The van der Waals surface area contributed by atoms with E-state index in [0.29, 0.717) is 10.1 Å². The molecular formula is C12H18ClNO2S2. The lowest BCUT2D eigenvalue weighted by molar-refractivity contribution is 0.286. The first kappa shape index (κ1) is 14.3. The Bertz CT molecular complexity index is 492. The number of alkyl halides is 1. The van der Waals surface area contributed by atoms with Crippen LogP contribution >= 0.6 is 22.9 Å². The molecule has 1 saturated carbocycles. The van der Waals surface area contributed by atoms with E-state index in [1.165, 1.54) is 17.8 Å². The van der Waals surface area contributed by atoms with Crippen molar-refractivity contribution in [2.75, 3.05) is 7.05 Å². The molecule has 1 aliphatic rings. The third kappa shape index (κ3) is 2.90. The first-order chi connectivity index (χ1) is 8.55. The fourth-order valence-corrected chi connectivity index (χ4v) is 5.41. The van der Waals surface area contributed by atoms with Gasteiger partial charge in [0.15, 0.2) is 0 Å². The van der Waals surface area contributed by atoms with Gasteiger partial charge in [-0.2, -0.15) is 4.31 Å². The molecule has 2 rings (SSSR count). The van der Waals surface area contributed by atoms with Crippen molar-refractivity contribution in [3.05, 3.63) is 17.0 Å². The number of sulfonamides is 1. The molecule has 0 bridgehead atoms. The van der Waals surface area contributed by atoms with Crippen LogP contribution in [0.25, 0.3) is 0 Å². The van der Waals surface area contributed by atoms with E-state index in [-0.39, 0.29) is 6.04 Å². The second kappa shape index (κ2) is 5.90. The van der Waals surface area contributed by atoms with Crippen LogP contribution in [0.3, 0.4) is 0 Å². The van der Waals surface area contributed by atoms with Crippen LogP contribution in [0, 0.1) is 0 Å². The molecule has 0 saturated heterocycles. The van der Waals surface area contributed by atoms with Crippen molar-refractivity contribution in [3.63, 3.8) is 0 Å². The lowest BCUT2D eigenvalue weighted by Gasteiger charge is -2.29. The highest BCUT2D eigenvalue weighted by atomic mass is 35.5. The van der Waals surface area contributed by atoms with Crippen molar-refractivity contribution in [2.24, 2.45) is 0 Å². The molecule has 18 heavy (non-hydrogen) atoms. The van der Waals surface area contributed by atoms with Gasteiger partial charge in [0.05, 0.1) is 5.88 Å². The van der Waals surface area contributed by atoms with Gasteiger partial charge in [0.2, 0.25) is 0 Å². The molecule has 6 heteroatoms. The molecule has 0 radical (unpaired) electrons. The first-order valence-corrected chi connectivity index (χ1v) is 8.97. The van der Waals surface area contributed by atoms with Crippen molar-refractivity contribution in [1.29, 1.82) is 0 Å². The number of nitrogens with zero attached hydrogens (tertiary/aromatic N) is 1. The number of rotatable bonds is 4. The van der Waals surface area contributed by atoms with Gasteiger partial charge in [-0.15, -0.1) is 22.9 Å². The van der Waals surface area contributed by atoms with Crippen molar-refractivity contribution in [1.82, 2.24) is 4.31 Å². The Labute approximate surface area is 118 Å². The molecule has 102 valence electrons. The molecule has 0 atom stereocenters. The summed E-state index contributed by atoms with van der Waals surface area (Å²) in [4.78, 5) is 0.896. The topological polar surface area (TPSA) is 37.4 Å². The molecule has 0 amide bonds. The average Bonchev–Trinajstić information content (AvgIpc) is 2.88. The molecule has 1 fully saturated rings. The molecule has 0 N–H and O–H groups in total. The van der Waals surface area contributed by atoms with Crippen molar-refractivity contribution < 1.29 is 8.42 Å². The van der Waals surface area contributed by atoms with Gasteiger partial charge >= 0.3 is 0 Å². The minimum absolute atomic E-state index is 0.158. The van der Waals surface area contributed by atoms with E-state index in [1.807, 2.05) is 0 Å². The summed E-state index contributed by atoms with van der Waals surface area (Å²) in [5, 5.41) is 0.